The Balaban J connectivity index is 1.62. The molecule has 4 fully saturated rings. The molecule has 9 atom stereocenters. The monoisotopic (exact) mass is 524 g/mol. The molecule has 0 aliphatic heterocycles. The summed E-state index contributed by atoms with van der Waals surface area (Å²) in [6.45, 7) is 11.0. The lowest BCUT2D eigenvalue weighted by molar-refractivity contribution is -0.205. The largest absolute Gasteiger partial charge is 0.459 e. The molecular formula is C30H36O8. The van der Waals surface area contributed by atoms with Gasteiger partial charge in [0.1, 0.15) is 18.3 Å². The highest BCUT2D eigenvalue weighted by Crippen LogP contribution is 2.84. The number of aliphatic hydroxyl groups is 3. The van der Waals surface area contributed by atoms with Crippen molar-refractivity contribution in [3.05, 3.63) is 54.1 Å². The van der Waals surface area contributed by atoms with Crippen LogP contribution in [-0.2, 0) is 23.9 Å². The van der Waals surface area contributed by atoms with Gasteiger partial charge in [-0.15, -0.1) is 0 Å². The first-order chi connectivity index (χ1) is 17.8. The third-order valence-electron chi connectivity index (χ3n) is 10.5. The minimum atomic E-state index is -1.63. The van der Waals surface area contributed by atoms with Crippen molar-refractivity contribution in [3.8, 4) is 0 Å². The highest BCUT2D eigenvalue weighted by atomic mass is 16.6. The van der Waals surface area contributed by atoms with E-state index in [1.165, 1.54) is 13.0 Å². The molecule has 4 saturated carbocycles. The average Bonchev–Trinajstić information content (AvgIpc) is 3.09. The van der Waals surface area contributed by atoms with Gasteiger partial charge in [-0.25, -0.2) is 4.79 Å². The highest BCUT2D eigenvalue weighted by molar-refractivity contribution is 5.88. The fraction of sp³-hybridized carbons (Fsp3) is 0.567. The Morgan fingerprint density at radius 3 is 2.34 bits per heavy atom. The topological polar surface area (TPSA) is 130 Å². The number of carbonyl (C=O) groups is 3. The molecule has 0 amide bonds. The van der Waals surface area contributed by atoms with E-state index in [1.807, 2.05) is 44.2 Å². The van der Waals surface area contributed by atoms with E-state index in [1.54, 1.807) is 13.0 Å². The Kier molecular flexibility index (Phi) is 6.06. The van der Waals surface area contributed by atoms with Crippen molar-refractivity contribution in [2.45, 2.75) is 77.5 Å². The molecule has 0 heterocycles. The molecule has 2 bridgehead atoms. The van der Waals surface area contributed by atoms with Crippen LogP contribution in [0.15, 0.2) is 48.6 Å². The molecule has 0 radical (unpaired) electrons. The Morgan fingerprint density at radius 2 is 1.71 bits per heavy atom. The third-order valence-corrected chi connectivity index (χ3v) is 10.5. The first kappa shape index (κ1) is 26.8. The number of hydrogen-bond donors (Lipinski definition) is 3. The van der Waals surface area contributed by atoms with Gasteiger partial charge in [0.15, 0.2) is 5.78 Å². The molecule has 3 N–H and O–H groups in total. The first-order valence-electron chi connectivity index (χ1n) is 13.2. The van der Waals surface area contributed by atoms with Crippen molar-refractivity contribution in [1.82, 2.24) is 0 Å². The van der Waals surface area contributed by atoms with Crippen molar-refractivity contribution < 1.29 is 39.2 Å². The molecule has 8 nitrogen and oxygen atoms in total. The number of esters is 2. The fourth-order valence-electron chi connectivity index (χ4n) is 9.05. The molecule has 38 heavy (non-hydrogen) atoms. The van der Waals surface area contributed by atoms with Crippen LogP contribution < -0.4 is 0 Å². The van der Waals surface area contributed by atoms with Gasteiger partial charge in [-0.1, -0.05) is 57.7 Å². The van der Waals surface area contributed by atoms with E-state index in [0.29, 0.717) is 12.0 Å². The Labute approximate surface area is 222 Å². The molecule has 1 aromatic rings. The van der Waals surface area contributed by atoms with Crippen LogP contribution in [0.2, 0.25) is 0 Å². The zero-order valence-electron chi connectivity index (χ0n) is 22.2. The second-order valence-corrected chi connectivity index (χ2v) is 12.1. The number of ether oxygens (including phenoxy) is 2. The minimum absolute atomic E-state index is 0.0602. The van der Waals surface area contributed by atoms with Crippen LogP contribution in [0.1, 0.15) is 52.5 Å². The predicted molar refractivity (Wildman–Crippen MR) is 137 cm³/mol. The maximum absolute atomic E-state index is 13.2. The van der Waals surface area contributed by atoms with Gasteiger partial charge in [0, 0.05) is 30.3 Å². The summed E-state index contributed by atoms with van der Waals surface area (Å²) in [6.07, 6.45) is -2.76. The molecule has 4 aliphatic rings. The van der Waals surface area contributed by atoms with Crippen molar-refractivity contribution in [1.29, 1.82) is 0 Å². The van der Waals surface area contributed by atoms with Crippen molar-refractivity contribution in [2.75, 3.05) is 0 Å². The Hall–Kier alpha value is -2.81. The van der Waals surface area contributed by atoms with Gasteiger partial charge in [-0.3, -0.25) is 9.59 Å². The number of carbonyl (C=O) groups excluding carboxylic acids is 3. The van der Waals surface area contributed by atoms with Gasteiger partial charge in [0.2, 0.25) is 0 Å². The van der Waals surface area contributed by atoms with Gasteiger partial charge in [-0.2, -0.15) is 0 Å². The lowest BCUT2D eigenvalue weighted by Crippen LogP contribution is -2.66. The van der Waals surface area contributed by atoms with Crippen molar-refractivity contribution in [3.63, 3.8) is 0 Å². The minimum Gasteiger partial charge on any atom is -0.459 e. The molecule has 2 spiro atoms. The maximum atomic E-state index is 13.2. The van der Waals surface area contributed by atoms with E-state index in [-0.39, 0.29) is 12.8 Å². The Bertz CT molecular complexity index is 1220. The van der Waals surface area contributed by atoms with Crippen LogP contribution in [-0.4, -0.2) is 63.6 Å². The second-order valence-electron chi connectivity index (χ2n) is 12.1. The summed E-state index contributed by atoms with van der Waals surface area (Å²) in [4.78, 5) is 38.4. The summed E-state index contributed by atoms with van der Waals surface area (Å²) >= 11 is 0. The van der Waals surface area contributed by atoms with Gasteiger partial charge < -0.3 is 24.8 Å². The number of Topliss-reactive ketones (excluding diaryl/α,β-unsaturated/α-hetero) is 1. The highest BCUT2D eigenvalue weighted by Gasteiger charge is 2.91. The molecule has 5 rings (SSSR count). The zero-order chi connectivity index (χ0) is 27.8. The van der Waals surface area contributed by atoms with Gasteiger partial charge in [-0.05, 0) is 41.4 Å². The van der Waals surface area contributed by atoms with Crippen LogP contribution in [0.4, 0.5) is 0 Å². The second kappa shape index (κ2) is 8.60. The van der Waals surface area contributed by atoms with E-state index >= 15 is 0 Å². The number of hydrogen-bond acceptors (Lipinski definition) is 8. The number of fused-ring (bicyclic) bond motifs is 1. The van der Waals surface area contributed by atoms with Crippen LogP contribution in [0.5, 0.6) is 0 Å². The first-order valence-corrected chi connectivity index (χ1v) is 13.2. The molecule has 1 aromatic carbocycles. The van der Waals surface area contributed by atoms with Crippen molar-refractivity contribution >= 4 is 23.8 Å². The smallest absolute Gasteiger partial charge is 0.331 e. The molecule has 0 aromatic heterocycles. The van der Waals surface area contributed by atoms with E-state index < -0.39 is 75.8 Å². The lowest BCUT2D eigenvalue weighted by Gasteiger charge is -2.60. The maximum Gasteiger partial charge on any atom is 0.331 e. The zero-order valence-corrected chi connectivity index (χ0v) is 22.2. The van der Waals surface area contributed by atoms with Crippen molar-refractivity contribution in [2.24, 2.45) is 27.6 Å². The average molecular weight is 525 g/mol. The van der Waals surface area contributed by atoms with Gasteiger partial charge >= 0.3 is 11.9 Å². The molecular weight excluding hydrogens is 488 g/mol. The molecule has 0 saturated heterocycles. The Morgan fingerprint density at radius 1 is 1.05 bits per heavy atom. The van der Waals surface area contributed by atoms with Gasteiger partial charge in [0.25, 0.3) is 0 Å². The normalized spacial score (nSPS) is 43.0. The van der Waals surface area contributed by atoms with Gasteiger partial charge in [0.05, 0.1) is 17.6 Å². The standard InChI is InChI=1S/C30H36O8/c1-16-21(38-22(33)12-11-18-9-7-6-8-10-18)13-14-28(5)25(36)26(37-17(2)31)30-24(35)20(32)15-19(27(30,3)4)23(34)29(16,28)30/h6-12,19,21,23-26,34-36H,1,13-15H2,2-5H3/t19-,21-,23+,24+,25-,26-,28-,29+,30+/m0/s1. The summed E-state index contributed by atoms with van der Waals surface area (Å²) in [5.41, 5.74) is -3.96. The third kappa shape index (κ3) is 2.99. The quantitative estimate of drug-likeness (QED) is 0.311. The van der Waals surface area contributed by atoms with Crippen LogP contribution in [0.25, 0.3) is 6.08 Å². The summed E-state index contributed by atoms with van der Waals surface area (Å²) in [6, 6.07) is 9.28. The van der Waals surface area contributed by atoms with Crippen LogP contribution in [0.3, 0.4) is 0 Å². The van der Waals surface area contributed by atoms with Crippen LogP contribution in [0, 0.1) is 27.6 Å². The van der Waals surface area contributed by atoms with Crippen LogP contribution >= 0.6 is 0 Å². The summed E-state index contributed by atoms with van der Waals surface area (Å²) in [5.74, 6) is -2.33. The number of aliphatic hydroxyl groups excluding tert-OH is 3. The van der Waals surface area contributed by atoms with E-state index in [2.05, 4.69) is 6.58 Å². The number of rotatable bonds is 4. The molecule has 4 aliphatic carbocycles. The van der Waals surface area contributed by atoms with E-state index in [9.17, 15) is 29.7 Å². The predicted octanol–water partition coefficient (Wildman–Crippen LogP) is 2.60. The summed E-state index contributed by atoms with van der Waals surface area (Å²) in [7, 11) is 0. The SMILES string of the molecule is C=C1[C@@H](OC(=O)C=Cc2ccccc2)CC[C@@]2(C)[C@@H](O)[C@H](OC(C)=O)[C@@]34[C@H](O)C(=O)C[C@@H]([C@@H](O)[C@@]132)C4(C)C. The molecule has 0 unspecified atom stereocenters. The summed E-state index contributed by atoms with van der Waals surface area (Å²) < 4.78 is 11.6. The van der Waals surface area contributed by atoms with E-state index in [4.69, 9.17) is 9.47 Å². The molecule has 204 valence electrons. The number of benzene rings is 1. The fourth-order valence-corrected chi connectivity index (χ4v) is 9.05. The number of ketones is 1. The van der Waals surface area contributed by atoms with E-state index in [0.717, 1.165) is 5.56 Å². The summed E-state index contributed by atoms with van der Waals surface area (Å²) in [5, 5.41) is 35.6. The lowest BCUT2D eigenvalue weighted by atomic mass is 9.44. The molecule has 8 heteroatoms.